The van der Waals surface area contributed by atoms with Crippen LogP contribution in [0.25, 0.3) is 22.2 Å². The second-order valence-corrected chi connectivity index (χ2v) is 7.55. The second kappa shape index (κ2) is 5.61. The molecule has 0 N–H and O–H groups in total. The van der Waals surface area contributed by atoms with E-state index in [0.717, 1.165) is 11.1 Å². The van der Waals surface area contributed by atoms with Crippen LogP contribution in [0.15, 0.2) is 47.6 Å². The highest BCUT2D eigenvalue weighted by molar-refractivity contribution is 8.13. The number of hydrogen-bond donors (Lipinski definition) is 0. The molecule has 3 aromatic rings. The van der Waals surface area contributed by atoms with E-state index in [1.165, 1.54) is 18.5 Å². The van der Waals surface area contributed by atoms with Crippen LogP contribution < -0.4 is 0 Å². The lowest BCUT2D eigenvalue weighted by Crippen LogP contribution is -1.95. The standard InChI is InChI=1S/C16H10ClN3O2S/c1-10-6-11(8-18)2-4-13(10)16-14-5-3-12(23(17,21)22)7-15(14)19-9-20-16/h2-7,9H,1H3. The average molecular weight is 344 g/mol. The molecule has 0 fully saturated rings. The van der Waals surface area contributed by atoms with E-state index < -0.39 is 9.05 Å². The molecule has 7 heteroatoms. The Morgan fingerprint density at radius 1 is 1.13 bits per heavy atom. The third kappa shape index (κ3) is 2.89. The van der Waals surface area contributed by atoms with Gasteiger partial charge in [-0.1, -0.05) is 6.07 Å². The Balaban J connectivity index is 2.26. The van der Waals surface area contributed by atoms with E-state index in [2.05, 4.69) is 16.0 Å². The number of nitrogens with zero attached hydrogens (tertiary/aromatic N) is 3. The Labute approximate surface area is 137 Å². The summed E-state index contributed by atoms with van der Waals surface area (Å²) in [5, 5.41) is 9.67. The predicted molar refractivity (Wildman–Crippen MR) is 87.5 cm³/mol. The van der Waals surface area contributed by atoms with Crippen molar-refractivity contribution in [2.75, 3.05) is 0 Å². The summed E-state index contributed by atoms with van der Waals surface area (Å²) in [6.45, 7) is 1.89. The molecule has 0 radical (unpaired) electrons. The molecule has 5 nitrogen and oxygen atoms in total. The Hall–Kier alpha value is -2.49. The zero-order valence-corrected chi connectivity index (χ0v) is 13.6. The Morgan fingerprint density at radius 3 is 2.57 bits per heavy atom. The molecule has 23 heavy (non-hydrogen) atoms. The molecule has 1 heterocycles. The van der Waals surface area contributed by atoms with Gasteiger partial charge in [-0.2, -0.15) is 5.26 Å². The largest absolute Gasteiger partial charge is 0.261 e. The molecule has 0 aliphatic carbocycles. The van der Waals surface area contributed by atoms with Gasteiger partial charge in [0.2, 0.25) is 0 Å². The molecule has 0 atom stereocenters. The molecule has 0 spiro atoms. The second-order valence-electron chi connectivity index (χ2n) is 4.98. The minimum absolute atomic E-state index is 0.00660. The average Bonchev–Trinajstić information content (AvgIpc) is 2.53. The fraction of sp³-hybridized carbons (Fsp3) is 0.0625. The van der Waals surface area contributed by atoms with Gasteiger partial charge in [-0.25, -0.2) is 18.4 Å². The van der Waals surface area contributed by atoms with E-state index in [-0.39, 0.29) is 4.90 Å². The quantitative estimate of drug-likeness (QED) is 0.666. The molecule has 2 aromatic carbocycles. The van der Waals surface area contributed by atoms with Crippen LogP contribution >= 0.6 is 10.7 Å². The van der Waals surface area contributed by atoms with E-state index in [4.69, 9.17) is 15.9 Å². The summed E-state index contributed by atoms with van der Waals surface area (Å²) >= 11 is 0. The number of aromatic nitrogens is 2. The zero-order valence-electron chi connectivity index (χ0n) is 12.0. The monoisotopic (exact) mass is 343 g/mol. The van der Waals surface area contributed by atoms with Crippen LogP contribution in [0.1, 0.15) is 11.1 Å². The van der Waals surface area contributed by atoms with Crippen LogP contribution in [0.3, 0.4) is 0 Å². The van der Waals surface area contributed by atoms with Crippen molar-refractivity contribution in [1.82, 2.24) is 9.97 Å². The smallest absolute Gasteiger partial charge is 0.236 e. The van der Waals surface area contributed by atoms with Gasteiger partial charge < -0.3 is 0 Å². The first-order valence-electron chi connectivity index (χ1n) is 6.61. The van der Waals surface area contributed by atoms with Crippen molar-refractivity contribution in [3.05, 3.63) is 53.9 Å². The fourth-order valence-corrected chi connectivity index (χ4v) is 3.17. The van der Waals surface area contributed by atoms with Crippen LogP contribution in [0, 0.1) is 18.3 Å². The fourth-order valence-electron chi connectivity index (χ4n) is 2.40. The third-order valence-electron chi connectivity index (χ3n) is 3.50. The number of hydrogen-bond acceptors (Lipinski definition) is 5. The highest BCUT2D eigenvalue weighted by Crippen LogP contribution is 2.30. The molecule has 0 unspecified atom stereocenters. The van der Waals surface area contributed by atoms with Crippen LogP contribution in [-0.2, 0) is 9.05 Å². The van der Waals surface area contributed by atoms with Crippen LogP contribution in [0.5, 0.6) is 0 Å². The first kappa shape index (κ1) is 15.4. The van der Waals surface area contributed by atoms with Crippen molar-refractivity contribution in [2.24, 2.45) is 0 Å². The molecular formula is C16H10ClN3O2S. The minimum atomic E-state index is -3.81. The summed E-state index contributed by atoms with van der Waals surface area (Å²) in [6.07, 6.45) is 1.37. The Kier molecular flexibility index (Phi) is 3.76. The SMILES string of the molecule is Cc1cc(C#N)ccc1-c1ncnc2cc(S(=O)(=O)Cl)ccc12. The number of benzene rings is 2. The van der Waals surface area contributed by atoms with Crippen molar-refractivity contribution < 1.29 is 8.42 Å². The lowest BCUT2D eigenvalue weighted by molar-refractivity contribution is 0.609. The molecular weight excluding hydrogens is 334 g/mol. The van der Waals surface area contributed by atoms with Crippen molar-refractivity contribution in [1.29, 1.82) is 5.26 Å². The van der Waals surface area contributed by atoms with Crippen molar-refractivity contribution in [2.45, 2.75) is 11.8 Å². The van der Waals surface area contributed by atoms with E-state index in [1.807, 2.05) is 13.0 Å². The zero-order chi connectivity index (χ0) is 16.6. The highest BCUT2D eigenvalue weighted by Gasteiger charge is 2.14. The van der Waals surface area contributed by atoms with Gasteiger partial charge in [0.15, 0.2) is 0 Å². The minimum Gasteiger partial charge on any atom is -0.236 e. The molecule has 0 amide bonds. The summed E-state index contributed by atoms with van der Waals surface area (Å²) in [5.41, 5.74) is 3.49. The van der Waals surface area contributed by atoms with Gasteiger partial charge in [-0.05, 0) is 42.8 Å². The van der Waals surface area contributed by atoms with Gasteiger partial charge in [-0.3, -0.25) is 0 Å². The number of fused-ring (bicyclic) bond motifs is 1. The number of aryl methyl sites for hydroxylation is 1. The van der Waals surface area contributed by atoms with Crippen LogP contribution in [-0.4, -0.2) is 18.4 Å². The molecule has 1 aromatic heterocycles. The van der Waals surface area contributed by atoms with Crippen molar-refractivity contribution in [3.63, 3.8) is 0 Å². The number of nitriles is 1. The van der Waals surface area contributed by atoms with Gasteiger partial charge in [0, 0.05) is 21.6 Å². The van der Waals surface area contributed by atoms with Gasteiger partial charge in [0.05, 0.1) is 27.7 Å². The van der Waals surface area contributed by atoms with Gasteiger partial charge in [-0.15, -0.1) is 0 Å². The van der Waals surface area contributed by atoms with Crippen molar-refractivity contribution in [3.8, 4) is 17.3 Å². The number of halogens is 1. The van der Waals surface area contributed by atoms with Crippen LogP contribution in [0.4, 0.5) is 0 Å². The normalized spacial score (nSPS) is 11.3. The maximum absolute atomic E-state index is 11.4. The molecule has 3 rings (SSSR count). The third-order valence-corrected chi connectivity index (χ3v) is 4.85. The maximum Gasteiger partial charge on any atom is 0.261 e. The lowest BCUT2D eigenvalue weighted by atomic mass is 10.00. The Bertz CT molecular complexity index is 1070. The molecule has 114 valence electrons. The number of rotatable bonds is 2. The maximum atomic E-state index is 11.4. The van der Waals surface area contributed by atoms with Gasteiger partial charge >= 0.3 is 0 Å². The molecule has 0 aliphatic rings. The topological polar surface area (TPSA) is 83.7 Å². The highest BCUT2D eigenvalue weighted by atomic mass is 35.7. The van der Waals surface area contributed by atoms with E-state index in [9.17, 15) is 8.42 Å². The summed E-state index contributed by atoms with van der Waals surface area (Å²) < 4.78 is 22.9. The first-order chi connectivity index (χ1) is 10.9. The van der Waals surface area contributed by atoms with Crippen molar-refractivity contribution >= 4 is 30.6 Å². The molecule has 0 aliphatic heterocycles. The summed E-state index contributed by atoms with van der Waals surface area (Å²) in [6, 6.07) is 11.9. The molecule has 0 saturated heterocycles. The molecule has 0 saturated carbocycles. The Morgan fingerprint density at radius 2 is 1.91 bits per heavy atom. The summed E-state index contributed by atoms with van der Waals surface area (Å²) in [5.74, 6) is 0. The summed E-state index contributed by atoms with van der Waals surface area (Å²) in [4.78, 5) is 8.42. The summed E-state index contributed by atoms with van der Waals surface area (Å²) in [7, 11) is 1.56. The van der Waals surface area contributed by atoms with E-state index >= 15 is 0 Å². The lowest BCUT2D eigenvalue weighted by Gasteiger charge is -2.09. The predicted octanol–water partition coefficient (Wildman–Crippen LogP) is 3.40. The molecule has 0 bridgehead atoms. The van der Waals surface area contributed by atoms with E-state index in [1.54, 1.807) is 18.2 Å². The first-order valence-corrected chi connectivity index (χ1v) is 8.91. The van der Waals surface area contributed by atoms with Gasteiger partial charge in [0.25, 0.3) is 9.05 Å². The van der Waals surface area contributed by atoms with Gasteiger partial charge in [0.1, 0.15) is 6.33 Å². The van der Waals surface area contributed by atoms with Crippen LogP contribution in [0.2, 0.25) is 0 Å². The van der Waals surface area contributed by atoms with E-state index in [0.29, 0.717) is 22.2 Å².